The monoisotopic (exact) mass is 306 g/mol. The number of carboxylic acids is 1. The molecule has 0 amide bonds. The molecule has 1 N–H and O–H groups in total. The topological polar surface area (TPSA) is 37.3 Å². The molecule has 0 aromatic carbocycles. The quantitative estimate of drug-likeness (QED) is 0.286. The van der Waals surface area contributed by atoms with E-state index in [1.807, 2.05) is 0 Å². The molecular formula is C18H35NaO2. The van der Waals surface area contributed by atoms with Crippen LogP contribution in [-0.2, 0) is 4.79 Å². The van der Waals surface area contributed by atoms with E-state index in [1.54, 1.807) is 0 Å². The van der Waals surface area contributed by atoms with Gasteiger partial charge in [-0.05, 0) is 32.1 Å². The van der Waals surface area contributed by atoms with Crippen molar-refractivity contribution in [1.29, 1.82) is 0 Å². The Balaban J connectivity index is -0.00000180. The Morgan fingerprint density at radius 1 is 0.810 bits per heavy atom. The summed E-state index contributed by atoms with van der Waals surface area (Å²) in [5, 5.41) is 8.51. The first-order chi connectivity index (χ1) is 9.77. The molecule has 0 bridgehead atoms. The maximum atomic E-state index is 10.3. The molecule has 120 valence electrons. The van der Waals surface area contributed by atoms with E-state index in [0.29, 0.717) is 6.42 Å². The molecule has 0 spiro atoms. The van der Waals surface area contributed by atoms with Gasteiger partial charge in [0.05, 0.1) is 0 Å². The van der Waals surface area contributed by atoms with Gasteiger partial charge in [-0.3, -0.25) is 4.79 Å². The predicted octanol–water partition coefficient (Wildman–Crippen LogP) is 3.23. The number of hydrogen-bond acceptors (Lipinski definition) is 1. The minimum absolute atomic E-state index is 0. The van der Waals surface area contributed by atoms with Crippen LogP contribution in [0.5, 0.6) is 0 Å². The summed E-state index contributed by atoms with van der Waals surface area (Å²) in [6, 6.07) is 0. The average molecular weight is 306 g/mol. The van der Waals surface area contributed by atoms with Crippen LogP contribution < -0.4 is 29.6 Å². The second kappa shape index (κ2) is 20.2. The van der Waals surface area contributed by atoms with Crippen LogP contribution in [-0.4, -0.2) is 11.1 Å². The van der Waals surface area contributed by atoms with Crippen LogP contribution in [0.3, 0.4) is 0 Å². The summed E-state index contributed by atoms with van der Waals surface area (Å²) in [7, 11) is 0. The number of carboxylic acid groups (broad SMARTS) is 1. The summed E-state index contributed by atoms with van der Waals surface area (Å²) in [5.74, 6) is -0.664. The van der Waals surface area contributed by atoms with Crippen LogP contribution in [0.2, 0.25) is 0 Å². The first-order valence-corrected chi connectivity index (χ1v) is 8.64. The Hall–Kier alpha value is 0.210. The summed E-state index contributed by atoms with van der Waals surface area (Å²) >= 11 is 0. The molecule has 0 rings (SSSR count). The summed E-state index contributed by atoms with van der Waals surface area (Å²) in [5.41, 5.74) is 0. The molecule has 21 heavy (non-hydrogen) atoms. The van der Waals surface area contributed by atoms with Crippen molar-refractivity contribution >= 4 is 5.97 Å². The fourth-order valence-electron chi connectivity index (χ4n) is 2.35. The standard InChI is InChI=1S/C18H34O2.Na.H/c1-2-3-4-5-6-7-8-9-10-11-12-13-14-15-16-17-18(19)20;;/h9-10H,2-8,11-17H2,1H3,(H,19,20);;/q;+1;-1/b10-9+;;. The van der Waals surface area contributed by atoms with Gasteiger partial charge in [-0.1, -0.05) is 70.4 Å². The molecule has 0 heterocycles. The third kappa shape index (κ3) is 22.6. The van der Waals surface area contributed by atoms with E-state index >= 15 is 0 Å². The van der Waals surface area contributed by atoms with Crippen molar-refractivity contribution in [2.75, 3.05) is 0 Å². The molecule has 3 heteroatoms. The van der Waals surface area contributed by atoms with E-state index in [9.17, 15) is 4.79 Å². The molecule has 0 saturated heterocycles. The van der Waals surface area contributed by atoms with Crippen molar-refractivity contribution in [3.05, 3.63) is 12.2 Å². The van der Waals surface area contributed by atoms with Crippen molar-refractivity contribution in [2.24, 2.45) is 0 Å². The van der Waals surface area contributed by atoms with Crippen LogP contribution in [0.1, 0.15) is 98.2 Å². The number of aliphatic carboxylic acids is 1. The van der Waals surface area contributed by atoms with E-state index in [4.69, 9.17) is 5.11 Å². The van der Waals surface area contributed by atoms with Crippen LogP contribution in [0, 0.1) is 0 Å². The molecule has 0 unspecified atom stereocenters. The van der Waals surface area contributed by atoms with E-state index in [2.05, 4.69) is 19.1 Å². The van der Waals surface area contributed by atoms with Gasteiger partial charge in [-0.2, -0.15) is 0 Å². The number of allylic oxidation sites excluding steroid dienone is 2. The molecule has 0 aliphatic heterocycles. The van der Waals surface area contributed by atoms with Gasteiger partial charge in [0, 0.05) is 6.42 Å². The zero-order chi connectivity index (χ0) is 14.9. The van der Waals surface area contributed by atoms with Gasteiger partial charge in [0.2, 0.25) is 0 Å². The van der Waals surface area contributed by atoms with Gasteiger partial charge in [0.1, 0.15) is 0 Å². The molecular weight excluding hydrogens is 271 g/mol. The normalized spacial score (nSPS) is 10.7. The maximum absolute atomic E-state index is 10.3. The second-order valence-electron chi connectivity index (χ2n) is 5.73. The SMILES string of the molecule is CCCCCCCC/C=C/CCCCCCCC(=O)O.[H-].[Na+]. The smallest absolute Gasteiger partial charge is 1.00 e. The summed E-state index contributed by atoms with van der Waals surface area (Å²) in [4.78, 5) is 10.3. The minimum atomic E-state index is -0.664. The second-order valence-corrected chi connectivity index (χ2v) is 5.73. The van der Waals surface area contributed by atoms with Gasteiger partial charge in [0.15, 0.2) is 0 Å². The van der Waals surface area contributed by atoms with Gasteiger partial charge in [-0.25, -0.2) is 0 Å². The zero-order valence-corrected chi connectivity index (χ0v) is 16.4. The van der Waals surface area contributed by atoms with E-state index in [0.717, 1.165) is 12.8 Å². The molecule has 0 fully saturated rings. The van der Waals surface area contributed by atoms with E-state index < -0.39 is 5.97 Å². The van der Waals surface area contributed by atoms with Gasteiger partial charge in [-0.15, -0.1) is 0 Å². The number of carbonyl (C=O) groups is 1. The van der Waals surface area contributed by atoms with Crippen molar-refractivity contribution in [1.82, 2.24) is 0 Å². The number of hydrogen-bond donors (Lipinski definition) is 1. The van der Waals surface area contributed by atoms with Crippen molar-refractivity contribution in [3.63, 3.8) is 0 Å². The molecule has 0 saturated carbocycles. The first-order valence-electron chi connectivity index (χ1n) is 8.64. The summed E-state index contributed by atoms with van der Waals surface area (Å²) < 4.78 is 0. The Morgan fingerprint density at radius 2 is 1.24 bits per heavy atom. The fourth-order valence-corrected chi connectivity index (χ4v) is 2.35. The molecule has 0 aliphatic carbocycles. The largest absolute Gasteiger partial charge is 1.00 e. The first kappa shape index (κ1) is 23.5. The third-order valence-corrected chi connectivity index (χ3v) is 3.65. The Labute approximate surface area is 155 Å². The zero-order valence-electron chi connectivity index (χ0n) is 15.4. The molecule has 2 nitrogen and oxygen atoms in total. The molecule has 0 aromatic rings. The van der Waals surface area contributed by atoms with Crippen LogP contribution in [0.4, 0.5) is 0 Å². The molecule has 0 aromatic heterocycles. The Morgan fingerprint density at radius 3 is 1.71 bits per heavy atom. The summed E-state index contributed by atoms with van der Waals surface area (Å²) in [6.45, 7) is 2.26. The summed E-state index contributed by atoms with van der Waals surface area (Å²) in [6.07, 6.45) is 21.2. The van der Waals surface area contributed by atoms with Crippen LogP contribution >= 0.6 is 0 Å². The fraction of sp³-hybridized carbons (Fsp3) is 0.833. The molecule has 0 aliphatic rings. The Bertz CT molecular complexity index is 245. The van der Waals surface area contributed by atoms with Gasteiger partial charge in [0.25, 0.3) is 0 Å². The maximum Gasteiger partial charge on any atom is 1.00 e. The average Bonchev–Trinajstić information content (AvgIpc) is 2.43. The van der Waals surface area contributed by atoms with Gasteiger partial charge >= 0.3 is 35.5 Å². The Kier molecular flexibility index (Phi) is 22.6. The minimum Gasteiger partial charge on any atom is -1.00 e. The molecule has 0 radical (unpaired) electrons. The van der Waals surface area contributed by atoms with E-state index in [1.165, 1.54) is 70.6 Å². The van der Waals surface area contributed by atoms with Crippen molar-refractivity contribution in [3.8, 4) is 0 Å². The van der Waals surface area contributed by atoms with Gasteiger partial charge < -0.3 is 6.53 Å². The third-order valence-electron chi connectivity index (χ3n) is 3.65. The van der Waals surface area contributed by atoms with Crippen LogP contribution in [0.15, 0.2) is 12.2 Å². The number of rotatable bonds is 15. The predicted molar refractivity (Wildman–Crippen MR) is 88.2 cm³/mol. The molecule has 0 atom stereocenters. The van der Waals surface area contributed by atoms with Crippen LogP contribution in [0.25, 0.3) is 0 Å². The number of unbranched alkanes of at least 4 members (excludes halogenated alkanes) is 11. The van der Waals surface area contributed by atoms with E-state index in [-0.39, 0.29) is 31.0 Å². The van der Waals surface area contributed by atoms with Crippen molar-refractivity contribution < 1.29 is 40.9 Å². The van der Waals surface area contributed by atoms with Crippen molar-refractivity contribution in [2.45, 2.75) is 96.8 Å².